The standard InChI is InChI=1S/C24H28N2O4S/c1-4-18-13-15-26(16-14-18)24-23(31(27,28)21-11-5-17(2)6-12-21)25-22(30-24)19-7-9-20(29-3)10-8-19/h5-12,18H,4,13-16H2,1-3H3. The Balaban J connectivity index is 1.78. The molecule has 6 nitrogen and oxygen atoms in total. The van der Waals surface area contributed by atoms with Crippen molar-refractivity contribution in [3.63, 3.8) is 0 Å². The van der Waals surface area contributed by atoms with Crippen molar-refractivity contribution in [1.29, 1.82) is 0 Å². The molecule has 164 valence electrons. The first kappa shape index (κ1) is 21.4. The molecule has 4 rings (SSSR count). The van der Waals surface area contributed by atoms with E-state index < -0.39 is 9.84 Å². The molecule has 7 heteroatoms. The van der Waals surface area contributed by atoms with Gasteiger partial charge in [0.25, 0.3) is 0 Å². The fraction of sp³-hybridized carbons (Fsp3) is 0.375. The van der Waals surface area contributed by atoms with Gasteiger partial charge < -0.3 is 14.1 Å². The number of anilines is 1. The SMILES string of the molecule is CCC1CCN(c2oc(-c3ccc(OC)cc3)nc2S(=O)(=O)c2ccc(C)cc2)CC1. The molecule has 1 aliphatic heterocycles. The fourth-order valence-corrected chi connectivity index (χ4v) is 5.22. The van der Waals surface area contributed by atoms with Gasteiger partial charge in [0.05, 0.1) is 12.0 Å². The van der Waals surface area contributed by atoms with Gasteiger partial charge in [0, 0.05) is 18.7 Å². The Hall–Kier alpha value is -2.80. The average Bonchev–Trinajstić information content (AvgIpc) is 3.26. The van der Waals surface area contributed by atoms with Gasteiger partial charge in [0.2, 0.25) is 26.6 Å². The Morgan fingerprint density at radius 1 is 1.06 bits per heavy atom. The van der Waals surface area contributed by atoms with Crippen LogP contribution in [-0.4, -0.2) is 33.6 Å². The molecule has 1 saturated heterocycles. The average molecular weight is 441 g/mol. The molecule has 1 aromatic heterocycles. The Morgan fingerprint density at radius 3 is 2.29 bits per heavy atom. The van der Waals surface area contributed by atoms with Gasteiger partial charge in [-0.3, -0.25) is 0 Å². The lowest BCUT2D eigenvalue weighted by atomic mass is 9.95. The molecule has 2 aromatic carbocycles. The summed E-state index contributed by atoms with van der Waals surface area (Å²) in [7, 11) is -2.22. The van der Waals surface area contributed by atoms with Gasteiger partial charge in [-0.2, -0.15) is 4.98 Å². The van der Waals surface area contributed by atoms with E-state index in [0.29, 0.717) is 29.0 Å². The van der Waals surface area contributed by atoms with E-state index in [1.807, 2.05) is 24.0 Å². The Labute approximate surface area is 183 Å². The van der Waals surface area contributed by atoms with Crippen molar-refractivity contribution >= 4 is 15.7 Å². The smallest absolute Gasteiger partial charge is 0.236 e. The molecule has 0 radical (unpaired) electrons. The molecular weight excluding hydrogens is 412 g/mol. The highest BCUT2D eigenvalue weighted by molar-refractivity contribution is 7.91. The second-order valence-corrected chi connectivity index (χ2v) is 9.88. The first-order valence-corrected chi connectivity index (χ1v) is 12.1. The van der Waals surface area contributed by atoms with Crippen molar-refractivity contribution in [3.8, 4) is 17.2 Å². The molecule has 0 unspecified atom stereocenters. The number of oxazole rings is 1. The molecule has 1 fully saturated rings. The second kappa shape index (κ2) is 8.75. The summed E-state index contributed by atoms with van der Waals surface area (Å²) in [5.41, 5.74) is 1.70. The molecule has 0 atom stereocenters. The lowest BCUT2D eigenvalue weighted by Gasteiger charge is -2.31. The van der Waals surface area contributed by atoms with Crippen molar-refractivity contribution in [2.24, 2.45) is 5.92 Å². The highest BCUT2D eigenvalue weighted by atomic mass is 32.2. The summed E-state index contributed by atoms with van der Waals surface area (Å²) in [6.07, 6.45) is 3.16. The van der Waals surface area contributed by atoms with Crippen LogP contribution in [0, 0.1) is 12.8 Å². The molecule has 1 aliphatic rings. The molecule has 0 bridgehead atoms. The maximum atomic E-state index is 13.5. The summed E-state index contributed by atoms with van der Waals surface area (Å²) in [6.45, 7) is 5.64. The molecule has 31 heavy (non-hydrogen) atoms. The number of aromatic nitrogens is 1. The first-order valence-electron chi connectivity index (χ1n) is 10.6. The normalized spacial score (nSPS) is 15.3. The fourth-order valence-electron chi connectivity index (χ4n) is 3.90. The molecular formula is C24H28N2O4S. The number of aryl methyl sites for hydroxylation is 1. The summed E-state index contributed by atoms with van der Waals surface area (Å²) in [5, 5.41) is -0.0166. The summed E-state index contributed by atoms with van der Waals surface area (Å²) >= 11 is 0. The number of methoxy groups -OCH3 is 1. The van der Waals surface area contributed by atoms with Gasteiger partial charge in [0.1, 0.15) is 5.75 Å². The number of benzene rings is 2. The second-order valence-electron chi connectivity index (χ2n) is 8.01. The summed E-state index contributed by atoms with van der Waals surface area (Å²) in [6, 6.07) is 14.1. The zero-order valence-corrected chi connectivity index (χ0v) is 19.0. The lowest BCUT2D eigenvalue weighted by Crippen LogP contribution is -2.34. The number of nitrogens with zero attached hydrogens (tertiary/aromatic N) is 2. The third-order valence-electron chi connectivity index (χ3n) is 5.98. The highest BCUT2D eigenvalue weighted by Gasteiger charge is 2.33. The Kier molecular flexibility index (Phi) is 6.05. The van der Waals surface area contributed by atoms with Crippen LogP contribution in [0.4, 0.5) is 5.88 Å². The van der Waals surface area contributed by atoms with E-state index in [9.17, 15) is 8.42 Å². The third kappa shape index (κ3) is 4.32. The van der Waals surface area contributed by atoms with Crippen LogP contribution in [0.1, 0.15) is 31.7 Å². The molecule has 0 amide bonds. The summed E-state index contributed by atoms with van der Waals surface area (Å²) < 4.78 is 38.3. The topological polar surface area (TPSA) is 72.6 Å². The highest BCUT2D eigenvalue weighted by Crippen LogP contribution is 2.37. The molecule has 0 spiro atoms. The van der Waals surface area contributed by atoms with Crippen molar-refractivity contribution in [1.82, 2.24) is 4.98 Å². The summed E-state index contributed by atoms with van der Waals surface area (Å²) in [4.78, 5) is 6.72. The number of hydrogen-bond donors (Lipinski definition) is 0. The maximum Gasteiger partial charge on any atom is 0.236 e. The minimum Gasteiger partial charge on any atom is -0.497 e. The van der Waals surface area contributed by atoms with Crippen molar-refractivity contribution < 1.29 is 17.6 Å². The van der Waals surface area contributed by atoms with E-state index in [2.05, 4.69) is 11.9 Å². The molecule has 3 aromatic rings. The zero-order chi connectivity index (χ0) is 22.0. The van der Waals surface area contributed by atoms with E-state index in [0.717, 1.165) is 37.9 Å². The Bertz CT molecular complexity index is 1130. The van der Waals surface area contributed by atoms with Crippen LogP contribution in [0.15, 0.2) is 62.9 Å². The first-order chi connectivity index (χ1) is 14.9. The van der Waals surface area contributed by atoms with E-state index >= 15 is 0 Å². The minimum atomic E-state index is -3.83. The molecule has 2 heterocycles. The van der Waals surface area contributed by atoms with Crippen LogP contribution < -0.4 is 9.64 Å². The quantitative estimate of drug-likeness (QED) is 0.530. The van der Waals surface area contributed by atoms with Crippen LogP contribution in [0.2, 0.25) is 0 Å². The van der Waals surface area contributed by atoms with Gasteiger partial charge in [-0.15, -0.1) is 0 Å². The van der Waals surface area contributed by atoms with Gasteiger partial charge in [-0.1, -0.05) is 31.0 Å². The van der Waals surface area contributed by atoms with Gasteiger partial charge >= 0.3 is 0 Å². The number of sulfone groups is 1. The number of ether oxygens (including phenoxy) is 1. The van der Waals surface area contributed by atoms with E-state index in [4.69, 9.17) is 9.15 Å². The predicted octanol–water partition coefficient (Wildman–Crippen LogP) is 5.12. The molecule has 0 aliphatic carbocycles. The van der Waals surface area contributed by atoms with Crippen molar-refractivity contribution in [2.75, 3.05) is 25.1 Å². The monoisotopic (exact) mass is 440 g/mol. The number of piperidine rings is 1. The molecule has 0 N–H and O–H groups in total. The lowest BCUT2D eigenvalue weighted by molar-refractivity contribution is 0.380. The van der Waals surface area contributed by atoms with E-state index in [1.54, 1.807) is 43.5 Å². The number of rotatable bonds is 6. The largest absolute Gasteiger partial charge is 0.497 e. The van der Waals surface area contributed by atoms with Crippen LogP contribution in [0.25, 0.3) is 11.5 Å². The van der Waals surface area contributed by atoms with Gasteiger partial charge in [-0.05, 0) is 62.1 Å². The van der Waals surface area contributed by atoms with Crippen LogP contribution >= 0.6 is 0 Å². The van der Waals surface area contributed by atoms with Crippen LogP contribution in [0.3, 0.4) is 0 Å². The minimum absolute atomic E-state index is 0.0166. The molecule has 0 saturated carbocycles. The number of hydrogen-bond acceptors (Lipinski definition) is 6. The third-order valence-corrected chi connectivity index (χ3v) is 7.65. The van der Waals surface area contributed by atoms with E-state index in [1.165, 1.54) is 0 Å². The van der Waals surface area contributed by atoms with Crippen LogP contribution in [0.5, 0.6) is 5.75 Å². The zero-order valence-electron chi connectivity index (χ0n) is 18.2. The van der Waals surface area contributed by atoms with Crippen molar-refractivity contribution in [3.05, 3.63) is 54.1 Å². The summed E-state index contributed by atoms with van der Waals surface area (Å²) in [5.74, 6) is 2.00. The van der Waals surface area contributed by atoms with Gasteiger partial charge in [-0.25, -0.2) is 8.42 Å². The maximum absolute atomic E-state index is 13.5. The van der Waals surface area contributed by atoms with E-state index in [-0.39, 0.29) is 9.92 Å². The van der Waals surface area contributed by atoms with Crippen molar-refractivity contribution in [2.45, 2.75) is 43.0 Å². The van der Waals surface area contributed by atoms with Crippen LogP contribution in [-0.2, 0) is 9.84 Å². The van der Waals surface area contributed by atoms with Gasteiger partial charge in [0.15, 0.2) is 0 Å². The Morgan fingerprint density at radius 2 is 1.71 bits per heavy atom. The predicted molar refractivity (Wildman–Crippen MR) is 120 cm³/mol.